The van der Waals surface area contributed by atoms with Crippen LogP contribution in [0.1, 0.15) is 39.3 Å². The average molecular weight is 191 g/mol. The van der Waals surface area contributed by atoms with Crippen LogP contribution in [0.5, 0.6) is 0 Å². The summed E-state index contributed by atoms with van der Waals surface area (Å²) in [5.74, 6) is 0.682. The van der Waals surface area contributed by atoms with E-state index in [1.165, 1.54) is 5.56 Å². The molecule has 1 aromatic rings. The topological polar surface area (TPSA) is 12.0 Å². The third kappa shape index (κ3) is 3.15. The lowest BCUT2D eigenvalue weighted by molar-refractivity contribution is 0.389. The summed E-state index contributed by atoms with van der Waals surface area (Å²) in [6.07, 6.45) is 0. The van der Waals surface area contributed by atoms with Gasteiger partial charge in [0.25, 0.3) is 0 Å². The lowest BCUT2D eigenvalue weighted by atomic mass is 10.0. The van der Waals surface area contributed by atoms with Crippen molar-refractivity contribution < 1.29 is 0 Å². The van der Waals surface area contributed by atoms with Crippen molar-refractivity contribution in [3.05, 3.63) is 35.9 Å². The maximum absolute atomic E-state index is 3.60. The number of nitrogens with one attached hydrogen (secondary N) is 1. The number of rotatable bonds is 4. The van der Waals surface area contributed by atoms with Crippen LogP contribution in [0.2, 0.25) is 0 Å². The first-order valence-corrected chi connectivity index (χ1v) is 5.42. The quantitative estimate of drug-likeness (QED) is 0.769. The fourth-order valence-electron chi connectivity index (χ4n) is 1.42. The Morgan fingerprint density at radius 3 is 2.00 bits per heavy atom. The monoisotopic (exact) mass is 191 g/mol. The van der Waals surface area contributed by atoms with E-state index < -0.39 is 0 Å². The highest BCUT2D eigenvalue weighted by Gasteiger charge is 2.11. The Kier molecular flexibility index (Phi) is 4.15. The molecule has 78 valence electrons. The van der Waals surface area contributed by atoms with Gasteiger partial charge >= 0.3 is 0 Å². The zero-order valence-electron chi connectivity index (χ0n) is 9.62. The van der Waals surface area contributed by atoms with Crippen LogP contribution in [0.3, 0.4) is 0 Å². The van der Waals surface area contributed by atoms with Gasteiger partial charge in [-0.1, -0.05) is 44.2 Å². The van der Waals surface area contributed by atoms with Crippen molar-refractivity contribution in [2.45, 2.75) is 39.8 Å². The van der Waals surface area contributed by atoms with Crippen LogP contribution < -0.4 is 5.32 Å². The molecule has 1 rings (SSSR count). The average Bonchev–Trinajstić information content (AvgIpc) is 2.19. The van der Waals surface area contributed by atoms with Crippen LogP contribution in [-0.2, 0) is 0 Å². The van der Waals surface area contributed by atoms with E-state index in [9.17, 15) is 0 Å². The fourth-order valence-corrected chi connectivity index (χ4v) is 1.42. The normalized spacial score (nSPS) is 15.5. The van der Waals surface area contributed by atoms with Crippen LogP contribution >= 0.6 is 0 Å². The molecule has 0 aliphatic rings. The van der Waals surface area contributed by atoms with Crippen LogP contribution in [0, 0.1) is 5.92 Å². The second kappa shape index (κ2) is 5.16. The zero-order chi connectivity index (χ0) is 10.6. The second-order valence-electron chi connectivity index (χ2n) is 4.33. The molecule has 1 aromatic carbocycles. The molecule has 0 amide bonds. The van der Waals surface area contributed by atoms with Gasteiger partial charge in [0.2, 0.25) is 0 Å². The zero-order valence-corrected chi connectivity index (χ0v) is 9.62. The first-order valence-electron chi connectivity index (χ1n) is 5.42. The summed E-state index contributed by atoms with van der Waals surface area (Å²) in [7, 11) is 0. The van der Waals surface area contributed by atoms with Crippen molar-refractivity contribution >= 4 is 0 Å². The Morgan fingerprint density at radius 1 is 0.929 bits per heavy atom. The highest BCUT2D eigenvalue weighted by molar-refractivity contribution is 5.18. The largest absolute Gasteiger partial charge is 0.307 e. The van der Waals surface area contributed by atoms with Crippen molar-refractivity contribution in [1.82, 2.24) is 5.32 Å². The minimum Gasteiger partial charge on any atom is -0.307 e. The van der Waals surface area contributed by atoms with Gasteiger partial charge in [0, 0.05) is 12.1 Å². The molecule has 14 heavy (non-hydrogen) atoms. The van der Waals surface area contributed by atoms with Crippen molar-refractivity contribution in [2.24, 2.45) is 5.92 Å². The van der Waals surface area contributed by atoms with Gasteiger partial charge in [0.1, 0.15) is 0 Å². The standard InChI is InChI=1S/C13H21N/c1-10(2)11(3)14-12(4)13-8-6-5-7-9-13/h5-12,14H,1-4H3/t11?,12-/m0/s1. The maximum atomic E-state index is 3.60. The van der Waals surface area contributed by atoms with Gasteiger partial charge in [0.15, 0.2) is 0 Å². The number of hydrogen-bond donors (Lipinski definition) is 1. The lowest BCUT2D eigenvalue weighted by Gasteiger charge is -2.23. The van der Waals surface area contributed by atoms with Crippen molar-refractivity contribution in [2.75, 3.05) is 0 Å². The minimum atomic E-state index is 0.439. The third-order valence-electron chi connectivity index (χ3n) is 2.81. The Bertz CT molecular complexity index is 253. The SMILES string of the molecule is CC(C)C(C)N[C@@H](C)c1ccccc1. The summed E-state index contributed by atoms with van der Waals surface area (Å²) in [6, 6.07) is 11.6. The van der Waals surface area contributed by atoms with Crippen molar-refractivity contribution in [3.63, 3.8) is 0 Å². The van der Waals surface area contributed by atoms with E-state index in [0.29, 0.717) is 18.0 Å². The molecule has 0 radical (unpaired) electrons. The van der Waals surface area contributed by atoms with Gasteiger partial charge in [-0.2, -0.15) is 0 Å². The molecule has 1 heteroatoms. The Labute approximate surface area is 87.5 Å². The molecule has 0 aliphatic heterocycles. The molecule has 2 atom stereocenters. The van der Waals surface area contributed by atoms with Crippen LogP contribution in [0.4, 0.5) is 0 Å². The first kappa shape index (κ1) is 11.3. The molecular formula is C13H21N. The number of hydrogen-bond acceptors (Lipinski definition) is 1. The lowest BCUT2D eigenvalue weighted by Crippen LogP contribution is -2.32. The van der Waals surface area contributed by atoms with E-state index in [1.807, 2.05) is 0 Å². The maximum Gasteiger partial charge on any atom is 0.0294 e. The summed E-state index contributed by atoms with van der Waals surface area (Å²) in [5, 5.41) is 3.60. The van der Waals surface area contributed by atoms with Crippen molar-refractivity contribution in [3.8, 4) is 0 Å². The molecule has 1 unspecified atom stereocenters. The number of benzene rings is 1. The van der Waals surface area contributed by atoms with Crippen molar-refractivity contribution in [1.29, 1.82) is 0 Å². The summed E-state index contributed by atoms with van der Waals surface area (Å²) in [6.45, 7) is 8.95. The summed E-state index contributed by atoms with van der Waals surface area (Å²) in [4.78, 5) is 0. The molecule has 0 saturated carbocycles. The first-order chi connectivity index (χ1) is 6.61. The highest BCUT2D eigenvalue weighted by Crippen LogP contribution is 2.13. The molecule has 0 spiro atoms. The van der Waals surface area contributed by atoms with Gasteiger partial charge in [-0.3, -0.25) is 0 Å². The third-order valence-corrected chi connectivity index (χ3v) is 2.81. The molecule has 0 heterocycles. The predicted molar refractivity (Wildman–Crippen MR) is 62.3 cm³/mol. The van der Waals surface area contributed by atoms with Gasteiger partial charge in [-0.25, -0.2) is 0 Å². The summed E-state index contributed by atoms with van der Waals surface area (Å²) >= 11 is 0. The fraction of sp³-hybridized carbons (Fsp3) is 0.538. The molecular weight excluding hydrogens is 170 g/mol. The van der Waals surface area contributed by atoms with E-state index in [1.54, 1.807) is 0 Å². The molecule has 0 fully saturated rings. The van der Waals surface area contributed by atoms with Crippen LogP contribution in [-0.4, -0.2) is 6.04 Å². The van der Waals surface area contributed by atoms with Gasteiger partial charge < -0.3 is 5.32 Å². The second-order valence-corrected chi connectivity index (χ2v) is 4.33. The van der Waals surface area contributed by atoms with Crippen LogP contribution in [0.25, 0.3) is 0 Å². The Balaban J connectivity index is 2.55. The summed E-state index contributed by atoms with van der Waals surface area (Å²) < 4.78 is 0. The predicted octanol–water partition coefficient (Wildman–Crippen LogP) is 3.38. The molecule has 0 aromatic heterocycles. The highest BCUT2D eigenvalue weighted by atomic mass is 14.9. The van der Waals surface area contributed by atoms with Crippen LogP contribution in [0.15, 0.2) is 30.3 Å². The Morgan fingerprint density at radius 2 is 1.50 bits per heavy atom. The molecule has 1 N–H and O–H groups in total. The van der Waals surface area contributed by atoms with Gasteiger partial charge in [-0.05, 0) is 25.3 Å². The Hall–Kier alpha value is -0.820. The van der Waals surface area contributed by atoms with Gasteiger partial charge in [0.05, 0.1) is 0 Å². The van der Waals surface area contributed by atoms with E-state index in [-0.39, 0.29) is 0 Å². The molecule has 0 aliphatic carbocycles. The van der Waals surface area contributed by atoms with E-state index in [0.717, 1.165) is 0 Å². The smallest absolute Gasteiger partial charge is 0.0294 e. The van der Waals surface area contributed by atoms with E-state index >= 15 is 0 Å². The van der Waals surface area contributed by atoms with E-state index in [4.69, 9.17) is 0 Å². The van der Waals surface area contributed by atoms with E-state index in [2.05, 4.69) is 63.3 Å². The molecule has 0 saturated heterocycles. The minimum absolute atomic E-state index is 0.439. The summed E-state index contributed by atoms with van der Waals surface area (Å²) in [5.41, 5.74) is 1.36. The van der Waals surface area contributed by atoms with Gasteiger partial charge in [-0.15, -0.1) is 0 Å². The molecule has 1 nitrogen and oxygen atoms in total. The molecule has 0 bridgehead atoms.